The molecule has 2 heterocycles. The first-order valence-corrected chi connectivity index (χ1v) is 12.9. The summed E-state index contributed by atoms with van der Waals surface area (Å²) in [7, 11) is -2.55. The first-order chi connectivity index (χ1) is 16.3. The normalized spacial score (nSPS) is 16.4. The number of benzene rings is 2. The number of aromatic nitrogens is 1. The van der Waals surface area contributed by atoms with Gasteiger partial charge in [-0.25, -0.2) is 8.42 Å². The Balaban J connectivity index is 1.75. The molecule has 1 aromatic heterocycles. The second-order valence-corrected chi connectivity index (χ2v) is 10.4. The quantitative estimate of drug-likeness (QED) is 0.575. The van der Waals surface area contributed by atoms with Crippen LogP contribution in [0.2, 0.25) is 0 Å². The van der Waals surface area contributed by atoms with Gasteiger partial charge in [0.1, 0.15) is 11.3 Å². The molecular weight excluding hydrogens is 454 g/mol. The van der Waals surface area contributed by atoms with Crippen molar-refractivity contribution in [3.63, 3.8) is 0 Å². The van der Waals surface area contributed by atoms with Crippen molar-refractivity contribution >= 4 is 32.5 Å². The van der Waals surface area contributed by atoms with Crippen LogP contribution in [0.5, 0.6) is 5.75 Å². The van der Waals surface area contributed by atoms with E-state index in [9.17, 15) is 18.0 Å². The summed E-state index contributed by atoms with van der Waals surface area (Å²) in [6.45, 7) is 4.80. The van der Waals surface area contributed by atoms with Gasteiger partial charge in [-0.1, -0.05) is 12.1 Å². The molecule has 1 saturated heterocycles. The summed E-state index contributed by atoms with van der Waals surface area (Å²) in [5, 5.41) is 0.156. The van der Waals surface area contributed by atoms with Crippen LogP contribution in [0.25, 0.3) is 10.9 Å². The number of likely N-dealkylation sites (tertiary alicyclic amines) is 1. The van der Waals surface area contributed by atoms with Crippen molar-refractivity contribution in [1.82, 2.24) is 9.88 Å². The predicted octanol–water partition coefficient (Wildman–Crippen LogP) is 3.77. The van der Waals surface area contributed by atoms with Gasteiger partial charge in [0.05, 0.1) is 17.2 Å². The lowest BCUT2D eigenvalue weighted by Gasteiger charge is -2.33. The molecule has 1 N–H and O–H groups in total. The maximum atomic E-state index is 13.4. The van der Waals surface area contributed by atoms with Gasteiger partial charge in [-0.2, -0.15) is 0 Å². The smallest absolute Gasteiger partial charge is 0.264 e. The Morgan fingerprint density at radius 1 is 1.21 bits per heavy atom. The molecule has 4 rings (SSSR count). The standard InChI is InChI=1S/C25H29N3O5S/c1-4-33-23-11-6-5-10-22(23)27(3)34(31,32)18-12-13-21-19(15-18)24(29)20(16-26-21)25(30)28-14-8-7-9-17(28)2/h5-6,10-13,15-17H,4,7-9,14H2,1-3H3,(H,26,29). The Bertz CT molecular complexity index is 1380. The van der Waals surface area contributed by atoms with Crippen molar-refractivity contribution in [2.45, 2.75) is 44.0 Å². The van der Waals surface area contributed by atoms with Crippen molar-refractivity contribution in [1.29, 1.82) is 0 Å². The van der Waals surface area contributed by atoms with Crippen molar-refractivity contribution in [2.24, 2.45) is 0 Å². The van der Waals surface area contributed by atoms with Gasteiger partial charge in [0.25, 0.3) is 15.9 Å². The van der Waals surface area contributed by atoms with E-state index >= 15 is 0 Å². The number of H-pyrrole nitrogens is 1. The third kappa shape index (κ3) is 4.27. The van der Waals surface area contributed by atoms with Gasteiger partial charge >= 0.3 is 0 Å². The van der Waals surface area contributed by atoms with Crippen LogP contribution < -0.4 is 14.5 Å². The van der Waals surface area contributed by atoms with Crippen molar-refractivity contribution in [3.8, 4) is 5.75 Å². The molecule has 34 heavy (non-hydrogen) atoms. The first-order valence-electron chi connectivity index (χ1n) is 11.4. The SMILES string of the molecule is CCOc1ccccc1N(C)S(=O)(=O)c1ccc2[nH]cc(C(=O)N3CCCCC3C)c(=O)c2c1. The molecule has 1 unspecified atom stereocenters. The zero-order chi connectivity index (χ0) is 24.5. The minimum absolute atomic E-state index is 0.0193. The van der Waals surface area contributed by atoms with E-state index in [0.29, 0.717) is 30.1 Å². The molecule has 0 aliphatic carbocycles. The van der Waals surface area contributed by atoms with Gasteiger partial charge in [0.15, 0.2) is 0 Å². The average molecular weight is 484 g/mol. The van der Waals surface area contributed by atoms with Crippen LogP contribution in [-0.2, 0) is 10.0 Å². The number of piperidine rings is 1. The molecule has 0 radical (unpaired) electrons. The molecule has 9 heteroatoms. The van der Waals surface area contributed by atoms with Gasteiger partial charge in [-0.3, -0.25) is 13.9 Å². The van der Waals surface area contributed by atoms with Crippen LogP contribution in [0, 0.1) is 0 Å². The summed E-state index contributed by atoms with van der Waals surface area (Å²) in [5.41, 5.74) is 0.391. The van der Waals surface area contributed by atoms with Crippen LogP contribution >= 0.6 is 0 Å². The van der Waals surface area contributed by atoms with E-state index in [1.165, 1.54) is 25.4 Å². The van der Waals surface area contributed by atoms with Gasteiger partial charge in [-0.05, 0) is 63.4 Å². The third-order valence-electron chi connectivity index (χ3n) is 6.31. The highest BCUT2D eigenvalue weighted by atomic mass is 32.2. The minimum Gasteiger partial charge on any atom is -0.492 e. The molecule has 3 aromatic rings. The van der Waals surface area contributed by atoms with Gasteiger partial charge in [0, 0.05) is 36.7 Å². The van der Waals surface area contributed by atoms with Crippen LogP contribution in [-0.4, -0.2) is 50.5 Å². The van der Waals surface area contributed by atoms with Crippen LogP contribution in [0.15, 0.2) is 58.4 Å². The van der Waals surface area contributed by atoms with Crippen molar-refractivity contribution < 1.29 is 17.9 Å². The number of hydrogen-bond donors (Lipinski definition) is 1. The highest BCUT2D eigenvalue weighted by Crippen LogP contribution is 2.31. The molecular formula is C25H29N3O5S. The van der Waals surface area contributed by atoms with Crippen LogP contribution in [0.1, 0.15) is 43.5 Å². The largest absolute Gasteiger partial charge is 0.492 e. The second-order valence-electron chi connectivity index (χ2n) is 8.46. The second kappa shape index (κ2) is 9.50. The number of sulfonamides is 1. The maximum absolute atomic E-state index is 13.4. The fourth-order valence-corrected chi connectivity index (χ4v) is 5.59. The number of carbonyl (C=O) groups is 1. The number of aromatic amines is 1. The molecule has 8 nitrogen and oxygen atoms in total. The van der Waals surface area contributed by atoms with E-state index in [0.717, 1.165) is 23.6 Å². The Labute approximate surface area is 199 Å². The predicted molar refractivity (Wildman–Crippen MR) is 132 cm³/mol. The van der Waals surface area contributed by atoms with Gasteiger partial charge in [-0.15, -0.1) is 0 Å². The summed E-state index contributed by atoms with van der Waals surface area (Å²) in [5.74, 6) is 0.115. The molecule has 0 bridgehead atoms. The lowest BCUT2D eigenvalue weighted by atomic mass is 10.0. The number of nitrogens with zero attached hydrogens (tertiary/aromatic N) is 2. The Morgan fingerprint density at radius 2 is 1.97 bits per heavy atom. The lowest BCUT2D eigenvalue weighted by Crippen LogP contribution is -2.43. The molecule has 0 saturated carbocycles. The number of pyridine rings is 1. The molecule has 2 aromatic carbocycles. The topological polar surface area (TPSA) is 99.8 Å². The van der Waals surface area contributed by atoms with E-state index in [2.05, 4.69) is 4.98 Å². The average Bonchev–Trinajstić information content (AvgIpc) is 2.84. The highest BCUT2D eigenvalue weighted by molar-refractivity contribution is 7.92. The Hall–Kier alpha value is -3.33. The lowest BCUT2D eigenvalue weighted by molar-refractivity contribution is 0.0634. The number of para-hydroxylation sites is 2. The molecule has 1 atom stereocenters. The zero-order valence-corrected chi connectivity index (χ0v) is 20.4. The number of hydrogen-bond acceptors (Lipinski definition) is 5. The molecule has 1 aliphatic heterocycles. The Kier molecular flexibility index (Phi) is 6.65. The van der Waals surface area contributed by atoms with Crippen LogP contribution in [0.3, 0.4) is 0 Å². The summed E-state index contributed by atoms with van der Waals surface area (Å²) in [4.78, 5) is 31.1. The van der Waals surface area contributed by atoms with Gasteiger partial charge in [0.2, 0.25) is 5.43 Å². The van der Waals surface area contributed by atoms with E-state index in [-0.39, 0.29) is 27.8 Å². The number of carbonyl (C=O) groups excluding carboxylic acids is 1. The number of ether oxygens (including phenoxy) is 1. The summed E-state index contributed by atoms with van der Waals surface area (Å²) < 4.78 is 33.6. The van der Waals surface area contributed by atoms with E-state index < -0.39 is 15.5 Å². The summed E-state index contributed by atoms with van der Waals surface area (Å²) in [6.07, 6.45) is 4.28. The Morgan fingerprint density at radius 3 is 2.71 bits per heavy atom. The number of amides is 1. The summed E-state index contributed by atoms with van der Waals surface area (Å²) >= 11 is 0. The van der Waals surface area contributed by atoms with E-state index in [4.69, 9.17) is 4.74 Å². The minimum atomic E-state index is -4.00. The maximum Gasteiger partial charge on any atom is 0.264 e. The van der Waals surface area contributed by atoms with Crippen LogP contribution in [0.4, 0.5) is 5.69 Å². The number of rotatable bonds is 6. The fraction of sp³-hybridized carbons (Fsp3) is 0.360. The molecule has 0 spiro atoms. The number of nitrogens with one attached hydrogen (secondary N) is 1. The monoisotopic (exact) mass is 483 g/mol. The van der Waals surface area contributed by atoms with E-state index in [1.807, 2.05) is 13.8 Å². The number of fused-ring (bicyclic) bond motifs is 1. The number of anilines is 1. The molecule has 1 amide bonds. The molecule has 1 fully saturated rings. The zero-order valence-electron chi connectivity index (χ0n) is 19.6. The highest BCUT2D eigenvalue weighted by Gasteiger charge is 2.28. The van der Waals surface area contributed by atoms with E-state index in [1.54, 1.807) is 35.2 Å². The molecule has 180 valence electrons. The summed E-state index contributed by atoms with van der Waals surface area (Å²) in [6, 6.07) is 11.2. The van der Waals surface area contributed by atoms with Crippen molar-refractivity contribution in [2.75, 3.05) is 24.5 Å². The molecule has 1 aliphatic rings. The third-order valence-corrected chi connectivity index (χ3v) is 8.08. The fourth-order valence-electron chi connectivity index (χ4n) is 4.35. The van der Waals surface area contributed by atoms with Crippen molar-refractivity contribution in [3.05, 3.63) is 64.4 Å². The van der Waals surface area contributed by atoms with Gasteiger partial charge < -0.3 is 14.6 Å². The first kappa shape index (κ1) is 23.8.